The number of β-lactam (4-membered cyclic amide) rings is 1. The Balaban J connectivity index is 1.53. The second kappa shape index (κ2) is 11.2. The molecule has 0 radical (unpaired) electrons. The van der Waals surface area contributed by atoms with Crippen LogP contribution in [0.25, 0.3) is 0 Å². The number of carbonyl (C=O) groups is 3. The van der Waals surface area contributed by atoms with Gasteiger partial charge in [0, 0.05) is 27.9 Å². The first-order valence-corrected chi connectivity index (χ1v) is 13.2. The fraction of sp³-hybridized carbons (Fsp3) is 0.250. The highest BCUT2D eigenvalue weighted by Crippen LogP contribution is 2.46. The molecular formula is C20H20N8O5S3. The van der Waals surface area contributed by atoms with E-state index in [2.05, 4.69) is 25.7 Å². The summed E-state index contributed by atoms with van der Waals surface area (Å²) >= 11 is 3.90. The molecule has 0 aromatic carbocycles. The number of nitrogens with zero attached hydrogens (tertiary/aromatic N) is 5. The number of thioether (sulfide) groups is 3. The van der Waals surface area contributed by atoms with Crippen LogP contribution in [-0.2, 0) is 14.4 Å². The number of carboxylic acids is 1. The number of carbonyl (C=O) groups excluding carboxylic acids is 2. The highest BCUT2D eigenvalue weighted by molar-refractivity contribution is 8.07. The molecule has 2 atom stereocenters. The topological polar surface area (TPSA) is 210 Å². The fourth-order valence-corrected chi connectivity index (χ4v) is 6.82. The van der Waals surface area contributed by atoms with Crippen molar-refractivity contribution in [3.63, 3.8) is 0 Å². The summed E-state index contributed by atoms with van der Waals surface area (Å²) in [6, 6.07) is 5.21. The first-order chi connectivity index (χ1) is 17.3. The van der Waals surface area contributed by atoms with Crippen LogP contribution < -0.4 is 16.8 Å². The van der Waals surface area contributed by atoms with Crippen LogP contribution in [0.4, 0.5) is 5.82 Å². The maximum absolute atomic E-state index is 13.0. The second-order valence-electron chi connectivity index (χ2n) is 7.27. The van der Waals surface area contributed by atoms with Crippen molar-refractivity contribution in [2.45, 2.75) is 21.3 Å². The summed E-state index contributed by atoms with van der Waals surface area (Å²) in [7, 11) is 0. The van der Waals surface area contributed by atoms with Crippen molar-refractivity contribution in [3.8, 4) is 0 Å². The zero-order chi connectivity index (χ0) is 25.8. The molecule has 1 saturated heterocycles. The van der Waals surface area contributed by atoms with Crippen molar-refractivity contribution >= 4 is 64.6 Å². The van der Waals surface area contributed by atoms with Crippen LogP contribution in [-0.4, -0.2) is 83.4 Å². The average Bonchev–Trinajstić information content (AvgIpc) is 2.86. The number of hydrogen-bond acceptors (Lipinski definition) is 13. The summed E-state index contributed by atoms with van der Waals surface area (Å²) in [4.78, 5) is 44.2. The van der Waals surface area contributed by atoms with Gasteiger partial charge in [-0.3, -0.25) is 14.5 Å². The lowest BCUT2D eigenvalue weighted by Gasteiger charge is -2.49. The van der Waals surface area contributed by atoms with E-state index in [9.17, 15) is 24.7 Å². The maximum Gasteiger partial charge on any atom is 0.353 e. The third-order valence-corrected chi connectivity index (χ3v) is 8.75. The quantitative estimate of drug-likeness (QED) is 0.0931. The fourth-order valence-electron chi connectivity index (χ4n) is 3.45. The number of fused-ring (bicyclic) bond motifs is 1. The van der Waals surface area contributed by atoms with Crippen LogP contribution in [0, 0.1) is 0 Å². The van der Waals surface area contributed by atoms with E-state index in [1.54, 1.807) is 6.07 Å². The number of nitrogens with two attached hydrogens (primary N) is 2. The molecule has 4 rings (SSSR count). The zero-order valence-corrected chi connectivity index (χ0v) is 20.8. The van der Waals surface area contributed by atoms with Crippen LogP contribution in [0.15, 0.2) is 56.1 Å². The second-order valence-corrected chi connectivity index (χ2v) is 10.6. The predicted molar refractivity (Wildman–Crippen MR) is 134 cm³/mol. The van der Waals surface area contributed by atoms with Crippen molar-refractivity contribution in [3.05, 3.63) is 46.8 Å². The van der Waals surface area contributed by atoms with Crippen molar-refractivity contribution in [2.75, 3.05) is 23.8 Å². The van der Waals surface area contributed by atoms with Crippen LogP contribution >= 0.6 is 35.3 Å². The summed E-state index contributed by atoms with van der Waals surface area (Å²) in [6.45, 7) is 0.462. The molecule has 36 heavy (non-hydrogen) atoms. The Labute approximate surface area is 217 Å². The minimum Gasteiger partial charge on any atom is -0.477 e. The Kier molecular flexibility index (Phi) is 7.97. The lowest BCUT2D eigenvalue weighted by molar-refractivity contribution is -0.150. The monoisotopic (exact) mass is 548 g/mol. The van der Waals surface area contributed by atoms with E-state index >= 15 is 0 Å². The molecule has 4 heterocycles. The standard InChI is InChI=1S/C20H20N8O5S3/c21-5-7-34-10-4-6-23-26-17(10)36-11-8-35-19-14(18(30)28(19)15(11)20(31)32)25-16(29)13(27-33)9-2-1-3-12(22)24-9/h1-4,6,14,19,33H,5,7-8,21H2,(H2,22,24)(H,25,29)(H,31,32)/b27-13-/t14-,19-/m1/s1. The summed E-state index contributed by atoms with van der Waals surface area (Å²) in [5, 5.41) is 32.6. The number of pyridine rings is 1. The van der Waals surface area contributed by atoms with Crippen LogP contribution in [0.3, 0.4) is 0 Å². The number of aromatic nitrogens is 3. The van der Waals surface area contributed by atoms with Gasteiger partial charge in [-0.25, -0.2) is 9.78 Å². The van der Waals surface area contributed by atoms with E-state index in [0.29, 0.717) is 22.2 Å². The Morgan fingerprint density at radius 1 is 1.33 bits per heavy atom. The van der Waals surface area contributed by atoms with Crippen LogP contribution in [0.5, 0.6) is 0 Å². The molecule has 0 bridgehead atoms. The predicted octanol–water partition coefficient (Wildman–Crippen LogP) is 0.171. The van der Waals surface area contributed by atoms with Crippen molar-refractivity contribution in [1.29, 1.82) is 0 Å². The molecule has 0 unspecified atom stereocenters. The third kappa shape index (κ3) is 5.11. The Bertz CT molecular complexity index is 1270. The normalized spacial score (nSPS) is 19.5. The van der Waals surface area contributed by atoms with Gasteiger partial charge in [0.05, 0.1) is 6.20 Å². The summed E-state index contributed by atoms with van der Waals surface area (Å²) in [6.07, 6.45) is 1.54. The molecule has 13 nitrogen and oxygen atoms in total. The zero-order valence-electron chi connectivity index (χ0n) is 18.4. The van der Waals surface area contributed by atoms with Gasteiger partial charge in [-0.15, -0.1) is 28.6 Å². The maximum atomic E-state index is 13.0. The number of oxime groups is 1. The number of nitrogens with one attached hydrogen (secondary N) is 1. The average molecular weight is 549 g/mol. The van der Waals surface area contributed by atoms with Gasteiger partial charge in [0.2, 0.25) is 0 Å². The Morgan fingerprint density at radius 2 is 2.14 bits per heavy atom. The van der Waals surface area contributed by atoms with E-state index < -0.39 is 34.9 Å². The molecule has 188 valence electrons. The molecule has 16 heteroatoms. The van der Waals surface area contributed by atoms with Crippen LogP contribution in [0.1, 0.15) is 5.69 Å². The molecule has 2 amide bonds. The van der Waals surface area contributed by atoms with E-state index in [0.717, 1.165) is 21.6 Å². The third-order valence-electron chi connectivity index (χ3n) is 5.00. The largest absolute Gasteiger partial charge is 0.477 e. The number of aliphatic carboxylic acids is 1. The first-order valence-electron chi connectivity index (χ1n) is 10.3. The van der Waals surface area contributed by atoms with Gasteiger partial charge < -0.3 is 27.1 Å². The van der Waals surface area contributed by atoms with Gasteiger partial charge >= 0.3 is 5.97 Å². The molecule has 0 aliphatic carbocycles. The smallest absolute Gasteiger partial charge is 0.353 e. The minimum atomic E-state index is -1.28. The number of rotatable bonds is 9. The van der Waals surface area contributed by atoms with Gasteiger partial charge in [-0.05, 0) is 18.2 Å². The molecule has 2 aromatic heterocycles. The van der Waals surface area contributed by atoms with Gasteiger partial charge in [0.25, 0.3) is 11.8 Å². The molecule has 2 aliphatic heterocycles. The van der Waals surface area contributed by atoms with E-state index in [1.807, 2.05) is 0 Å². The number of nitrogen functional groups attached to an aromatic ring is 1. The highest BCUT2D eigenvalue weighted by atomic mass is 32.2. The SMILES string of the molecule is NCCSc1ccnnc1SC1=C(C(=O)O)N2C(=O)[C@@H](NC(=O)/C(=N\O)c3cccc(N)n3)[C@H]2SC1. The minimum absolute atomic E-state index is 0.0204. The van der Waals surface area contributed by atoms with Crippen molar-refractivity contribution < 1.29 is 24.7 Å². The Hall–Kier alpha value is -3.34. The van der Waals surface area contributed by atoms with E-state index in [-0.39, 0.29) is 23.0 Å². The van der Waals surface area contributed by atoms with Gasteiger partial charge in [0.1, 0.15) is 33.7 Å². The number of carboxylic acid groups (broad SMARTS) is 1. The van der Waals surface area contributed by atoms with Gasteiger partial charge in [-0.2, -0.15) is 5.10 Å². The van der Waals surface area contributed by atoms with E-state index in [1.165, 1.54) is 47.9 Å². The molecule has 7 N–H and O–H groups in total. The molecule has 0 spiro atoms. The lowest BCUT2D eigenvalue weighted by Crippen LogP contribution is -2.71. The lowest BCUT2D eigenvalue weighted by atomic mass is 10.0. The van der Waals surface area contributed by atoms with Gasteiger partial charge in [0.15, 0.2) is 5.71 Å². The number of anilines is 1. The highest BCUT2D eigenvalue weighted by Gasteiger charge is 2.54. The molecular weight excluding hydrogens is 528 g/mol. The summed E-state index contributed by atoms with van der Waals surface area (Å²) in [5.74, 6) is -1.70. The Morgan fingerprint density at radius 3 is 2.83 bits per heavy atom. The first kappa shape index (κ1) is 25.7. The van der Waals surface area contributed by atoms with Gasteiger partial charge in [-0.1, -0.05) is 23.0 Å². The van der Waals surface area contributed by atoms with Crippen molar-refractivity contribution in [1.82, 2.24) is 25.4 Å². The molecule has 2 aromatic rings. The van der Waals surface area contributed by atoms with E-state index in [4.69, 9.17) is 11.5 Å². The van der Waals surface area contributed by atoms with Crippen LogP contribution in [0.2, 0.25) is 0 Å². The summed E-state index contributed by atoms with van der Waals surface area (Å²) in [5.41, 5.74) is 10.6. The number of amides is 2. The number of hydrogen-bond donors (Lipinski definition) is 5. The molecule has 0 saturated carbocycles. The van der Waals surface area contributed by atoms with Crippen molar-refractivity contribution in [2.24, 2.45) is 10.9 Å². The molecule has 1 fully saturated rings. The molecule has 2 aliphatic rings. The summed E-state index contributed by atoms with van der Waals surface area (Å²) < 4.78 is 0.